The monoisotopic (exact) mass is 336 g/mol. The highest BCUT2D eigenvalue weighted by Gasteiger charge is 2.22. The van der Waals surface area contributed by atoms with Crippen LogP contribution in [-0.2, 0) is 20.9 Å². The number of amides is 2. The molecule has 0 radical (unpaired) electrons. The first kappa shape index (κ1) is 18.0. The zero-order chi connectivity index (χ0) is 17.7. The van der Waals surface area contributed by atoms with Crippen molar-refractivity contribution in [2.24, 2.45) is 0 Å². The highest BCUT2D eigenvalue weighted by atomic mass is 16.5. The van der Waals surface area contributed by atoms with E-state index in [1.807, 2.05) is 0 Å². The molecule has 2 amide bonds. The summed E-state index contributed by atoms with van der Waals surface area (Å²) in [6, 6.07) is 1.59. The minimum absolute atomic E-state index is 0.0380. The van der Waals surface area contributed by atoms with Crippen molar-refractivity contribution in [3.63, 3.8) is 0 Å². The van der Waals surface area contributed by atoms with Gasteiger partial charge in [-0.1, -0.05) is 6.42 Å². The van der Waals surface area contributed by atoms with Gasteiger partial charge in [-0.05, 0) is 25.8 Å². The summed E-state index contributed by atoms with van der Waals surface area (Å²) in [6.45, 7) is 2.62. The Hall–Kier alpha value is -2.31. The van der Waals surface area contributed by atoms with Crippen molar-refractivity contribution in [1.82, 2.24) is 9.80 Å². The number of methoxy groups -OCH3 is 1. The van der Waals surface area contributed by atoms with Crippen LogP contribution in [0.3, 0.4) is 0 Å². The van der Waals surface area contributed by atoms with Gasteiger partial charge in [-0.15, -0.1) is 0 Å². The summed E-state index contributed by atoms with van der Waals surface area (Å²) in [5.41, 5.74) is 0.357. The number of hydrogen-bond donors (Lipinski definition) is 0. The van der Waals surface area contributed by atoms with Gasteiger partial charge in [-0.25, -0.2) is 4.79 Å². The van der Waals surface area contributed by atoms with Gasteiger partial charge in [0, 0.05) is 20.0 Å². The normalized spacial score (nSPS) is 15.1. The van der Waals surface area contributed by atoms with Crippen LogP contribution in [0.1, 0.15) is 47.6 Å². The summed E-state index contributed by atoms with van der Waals surface area (Å²) < 4.78 is 10.2. The van der Waals surface area contributed by atoms with Gasteiger partial charge in [0.15, 0.2) is 0 Å². The lowest BCUT2D eigenvalue weighted by molar-refractivity contribution is -0.139. The van der Waals surface area contributed by atoms with E-state index >= 15 is 0 Å². The minimum Gasteiger partial charge on any atom is -0.465 e. The van der Waals surface area contributed by atoms with Crippen molar-refractivity contribution < 1.29 is 23.5 Å². The fraction of sp³-hybridized carbons (Fsp3) is 0.588. The van der Waals surface area contributed by atoms with Crippen molar-refractivity contribution in [2.75, 3.05) is 27.2 Å². The van der Waals surface area contributed by atoms with E-state index < -0.39 is 5.97 Å². The van der Waals surface area contributed by atoms with Gasteiger partial charge in [0.1, 0.15) is 17.1 Å². The van der Waals surface area contributed by atoms with Crippen LogP contribution in [0.4, 0.5) is 0 Å². The molecular formula is C17H24N2O5. The Bertz CT molecular complexity index is 622. The average Bonchev–Trinajstić information content (AvgIpc) is 2.79. The summed E-state index contributed by atoms with van der Waals surface area (Å²) in [6.07, 6.45) is 3.36. The highest BCUT2D eigenvalue weighted by Crippen LogP contribution is 2.17. The van der Waals surface area contributed by atoms with Gasteiger partial charge < -0.3 is 19.0 Å². The Kier molecular flexibility index (Phi) is 6.00. The molecule has 1 aromatic heterocycles. The summed E-state index contributed by atoms with van der Waals surface area (Å²) in [5.74, 6) is 0.382. The number of carbonyl (C=O) groups is 3. The van der Waals surface area contributed by atoms with Crippen LogP contribution in [0, 0.1) is 6.92 Å². The van der Waals surface area contributed by atoms with Crippen molar-refractivity contribution in [2.45, 2.75) is 39.2 Å². The maximum atomic E-state index is 12.4. The van der Waals surface area contributed by atoms with Gasteiger partial charge in [0.25, 0.3) is 0 Å². The van der Waals surface area contributed by atoms with E-state index in [2.05, 4.69) is 4.74 Å². The van der Waals surface area contributed by atoms with E-state index in [1.165, 1.54) is 12.0 Å². The van der Waals surface area contributed by atoms with E-state index in [0.29, 0.717) is 30.0 Å². The van der Waals surface area contributed by atoms with Crippen LogP contribution in [0.2, 0.25) is 0 Å². The van der Waals surface area contributed by atoms with Crippen molar-refractivity contribution in [3.05, 3.63) is 23.2 Å². The number of rotatable bonds is 5. The molecule has 1 aromatic rings. The van der Waals surface area contributed by atoms with E-state index in [1.54, 1.807) is 24.9 Å². The van der Waals surface area contributed by atoms with Crippen LogP contribution in [0.5, 0.6) is 0 Å². The van der Waals surface area contributed by atoms with Gasteiger partial charge >= 0.3 is 5.97 Å². The third-order valence-electron chi connectivity index (χ3n) is 4.19. The second-order valence-corrected chi connectivity index (χ2v) is 6.05. The zero-order valence-corrected chi connectivity index (χ0v) is 14.5. The number of hydrogen-bond acceptors (Lipinski definition) is 5. The molecule has 0 bridgehead atoms. The number of aryl methyl sites for hydroxylation is 1. The SMILES string of the molecule is COC(=O)c1cc(CN(C)C(=O)CN2CCCCCC2=O)oc1C. The van der Waals surface area contributed by atoms with Crippen molar-refractivity contribution >= 4 is 17.8 Å². The largest absolute Gasteiger partial charge is 0.465 e. The number of esters is 1. The molecule has 1 saturated heterocycles. The third-order valence-corrected chi connectivity index (χ3v) is 4.19. The van der Waals surface area contributed by atoms with E-state index in [4.69, 9.17) is 4.42 Å². The topological polar surface area (TPSA) is 80.1 Å². The molecule has 0 spiro atoms. The maximum Gasteiger partial charge on any atom is 0.341 e. The number of likely N-dealkylation sites (tertiary alicyclic amines) is 1. The van der Waals surface area contributed by atoms with Gasteiger partial charge in [-0.3, -0.25) is 9.59 Å². The predicted molar refractivity (Wildman–Crippen MR) is 86.3 cm³/mol. The second-order valence-electron chi connectivity index (χ2n) is 6.05. The standard InChI is InChI=1S/C17H24N2O5/c1-12-14(17(22)23-3)9-13(24-12)10-18(2)16(21)11-19-8-6-4-5-7-15(19)20/h9H,4-8,10-11H2,1-3H3. The predicted octanol–water partition coefficient (Wildman–Crippen LogP) is 1.74. The fourth-order valence-electron chi connectivity index (χ4n) is 2.75. The molecule has 24 heavy (non-hydrogen) atoms. The molecule has 0 N–H and O–H groups in total. The molecule has 7 nitrogen and oxygen atoms in total. The molecule has 132 valence electrons. The third kappa shape index (κ3) is 4.37. The molecule has 0 aliphatic carbocycles. The molecule has 2 heterocycles. The lowest BCUT2D eigenvalue weighted by Gasteiger charge is -2.23. The first-order valence-electron chi connectivity index (χ1n) is 8.11. The maximum absolute atomic E-state index is 12.4. The molecule has 0 saturated carbocycles. The number of likely N-dealkylation sites (N-methyl/N-ethyl adjacent to an activating group) is 1. The van der Waals surface area contributed by atoms with Crippen LogP contribution in [0.25, 0.3) is 0 Å². The number of furan rings is 1. The molecule has 1 aliphatic heterocycles. The average molecular weight is 336 g/mol. The molecule has 0 aromatic carbocycles. The van der Waals surface area contributed by atoms with E-state index in [9.17, 15) is 14.4 Å². The van der Waals surface area contributed by atoms with E-state index in [0.717, 1.165) is 19.3 Å². The lowest BCUT2D eigenvalue weighted by Crippen LogP contribution is -2.41. The van der Waals surface area contributed by atoms with Crippen LogP contribution in [-0.4, -0.2) is 54.8 Å². The summed E-state index contributed by atoms with van der Waals surface area (Å²) >= 11 is 0. The Labute approximate surface area is 141 Å². The smallest absolute Gasteiger partial charge is 0.341 e. The molecule has 0 atom stereocenters. The van der Waals surface area contributed by atoms with Crippen molar-refractivity contribution in [3.8, 4) is 0 Å². The number of ether oxygens (including phenoxy) is 1. The van der Waals surface area contributed by atoms with Gasteiger partial charge in [0.05, 0.1) is 20.2 Å². The summed E-state index contributed by atoms with van der Waals surface area (Å²) in [7, 11) is 2.96. The summed E-state index contributed by atoms with van der Waals surface area (Å²) in [4.78, 5) is 39.0. The molecule has 2 rings (SSSR count). The van der Waals surface area contributed by atoms with Crippen LogP contribution >= 0.6 is 0 Å². The quantitative estimate of drug-likeness (QED) is 0.765. The molecule has 7 heteroatoms. The number of carbonyl (C=O) groups excluding carboxylic acids is 3. The van der Waals surface area contributed by atoms with Crippen molar-refractivity contribution in [1.29, 1.82) is 0 Å². The Morgan fingerprint density at radius 1 is 1.33 bits per heavy atom. The van der Waals surface area contributed by atoms with Crippen LogP contribution < -0.4 is 0 Å². The molecular weight excluding hydrogens is 312 g/mol. The Balaban J connectivity index is 1.96. The molecule has 0 unspecified atom stereocenters. The molecule has 1 aliphatic rings. The summed E-state index contributed by atoms with van der Waals surface area (Å²) in [5, 5.41) is 0. The van der Waals surface area contributed by atoms with Gasteiger partial charge in [-0.2, -0.15) is 0 Å². The minimum atomic E-state index is -0.466. The Morgan fingerprint density at radius 3 is 2.79 bits per heavy atom. The fourth-order valence-corrected chi connectivity index (χ4v) is 2.75. The second kappa shape index (κ2) is 7.99. The first-order chi connectivity index (χ1) is 11.4. The highest BCUT2D eigenvalue weighted by molar-refractivity contribution is 5.90. The van der Waals surface area contributed by atoms with Crippen LogP contribution in [0.15, 0.2) is 10.5 Å². The molecule has 1 fully saturated rings. The van der Waals surface area contributed by atoms with E-state index in [-0.39, 0.29) is 24.9 Å². The number of nitrogens with zero attached hydrogens (tertiary/aromatic N) is 2. The lowest BCUT2D eigenvalue weighted by atomic mass is 10.2. The zero-order valence-electron chi connectivity index (χ0n) is 14.5. The Morgan fingerprint density at radius 2 is 2.08 bits per heavy atom. The first-order valence-corrected chi connectivity index (χ1v) is 8.11. The van der Waals surface area contributed by atoms with Gasteiger partial charge in [0.2, 0.25) is 11.8 Å².